The van der Waals surface area contributed by atoms with Crippen molar-refractivity contribution in [2.45, 2.75) is 71.9 Å². The summed E-state index contributed by atoms with van der Waals surface area (Å²) in [6.45, 7) is 12.3. The third kappa shape index (κ3) is 7.11. The van der Waals surface area contributed by atoms with Crippen molar-refractivity contribution < 1.29 is 22.7 Å². The van der Waals surface area contributed by atoms with Crippen molar-refractivity contribution in [2.24, 2.45) is 11.8 Å². The highest BCUT2D eigenvalue weighted by Crippen LogP contribution is 2.26. The summed E-state index contributed by atoms with van der Waals surface area (Å²) in [4.78, 5) is 29.3. The molecule has 0 aromatic heterocycles. The van der Waals surface area contributed by atoms with Gasteiger partial charge in [-0.25, -0.2) is 17.5 Å². The molecule has 0 aliphatic carbocycles. The number of rotatable bonds is 5. The molecular formula is C21H39N3O5S. The topological polar surface area (TPSA) is 87.2 Å². The van der Waals surface area contributed by atoms with Gasteiger partial charge in [-0.15, -0.1) is 0 Å². The maximum Gasteiger partial charge on any atom is 0.410 e. The van der Waals surface area contributed by atoms with Gasteiger partial charge in [0.15, 0.2) is 0 Å². The van der Waals surface area contributed by atoms with Gasteiger partial charge in [0.1, 0.15) is 5.60 Å². The first-order chi connectivity index (χ1) is 13.8. The minimum absolute atomic E-state index is 0.0197. The summed E-state index contributed by atoms with van der Waals surface area (Å²) >= 11 is 0. The summed E-state index contributed by atoms with van der Waals surface area (Å²) in [5.74, 6) is 0.226. The van der Waals surface area contributed by atoms with E-state index in [1.165, 1.54) is 10.6 Å². The van der Waals surface area contributed by atoms with Gasteiger partial charge < -0.3 is 14.5 Å². The van der Waals surface area contributed by atoms with Gasteiger partial charge in [-0.1, -0.05) is 0 Å². The summed E-state index contributed by atoms with van der Waals surface area (Å²) in [5, 5.41) is 0. The Hall–Kier alpha value is -1.35. The van der Waals surface area contributed by atoms with Crippen molar-refractivity contribution >= 4 is 22.0 Å². The molecule has 2 aliphatic rings. The molecule has 2 fully saturated rings. The lowest BCUT2D eigenvalue weighted by Gasteiger charge is -2.39. The Morgan fingerprint density at radius 2 is 1.70 bits per heavy atom. The third-order valence-electron chi connectivity index (χ3n) is 5.81. The SMILES string of the molecule is CC(C)N(CC1CCCN(C(=O)C2CCN(S(C)(=O)=O)CC2)C1)C(=O)OC(C)(C)C. The Morgan fingerprint density at radius 1 is 1.10 bits per heavy atom. The van der Waals surface area contributed by atoms with E-state index in [2.05, 4.69) is 0 Å². The van der Waals surface area contributed by atoms with Gasteiger partial charge in [-0.05, 0) is 66.2 Å². The van der Waals surface area contributed by atoms with Crippen LogP contribution in [0.5, 0.6) is 0 Å². The van der Waals surface area contributed by atoms with E-state index in [0.717, 1.165) is 19.4 Å². The first-order valence-corrected chi connectivity index (χ1v) is 12.9. The molecule has 174 valence electrons. The van der Waals surface area contributed by atoms with E-state index in [4.69, 9.17) is 4.74 Å². The molecule has 0 radical (unpaired) electrons. The highest BCUT2D eigenvalue weighted by Gasteiger charge is 2.35. The van der Waals surface area contributed by atoms with Crippen LogP contribution in [0, 0.1) is 11.8 Å². The first kappa shape index (κ1) is 24.9. The number of hydrogen-bond donors (Lipinski definition) is 0. The van der Waals surface area contributed by atoms with Crippen molar-refractivity contribution in [1.29, 1.82) is 0 Å². The minimum atomic E-state index is -3.19. The van der Waals surface area contributed by atoms with Crippen LogP contribution in [0.1, 0.15) is 60.3 Å². The quantitative estimate of drug-likeness (QED) is 0.649. The largest absolute Gasteiger partial charge is 0.444 e. The zero-order valence-electron chi connectivity index (χ0n) is 19.4. The van der Waals surface area contributed by atoms with Crippen molar-refractivity contribution in [3.63, 3.8) is 0 Å². The summed E-state index contributed by atoms with van der Waals surface area (Å²) in [6.07, 6.45) is 3.94. The molecular weight excluding hydrogens is 406 g/mol. The molecule has 2 amide bonds. The highest BCUT2D eigenvalue weighted by molar-refractivity contribution is 7.88. The van der Waals surface area contributed by atoms with Crippen LogP contribution in [0.2, 0.25) is 0 Å². The van der Waals surface area contributed by atoms with Gasteiger partial charge in [-0.2, -0.15) is 0 Å². The van der Waals surface area contributed by atoms with E-state index in [9.17, 15) is 18.0 Å². The van der Waals surface area contributed by atoms with Crippen LogP contribution in [-0.2, 0) is 19.6 Å². The minimum Gasteiger partial charge on any atom is -0.444 e. The van der Waals surface area contributed by atoms with Crippen molar-refractivity contribution in [3.8, 4) is 0 Å². The van der Waals surface area contributed by atoms with Crippen molar-refractivity contribution in [3.05, 3.63) is 0 Å². The third-order valence-corrected chi connectivity index (χ3v) is 7.11. The number of carbonyl (C=O) groups is 2. The standard InChI is InChI=1S/C21H39N3O5S/c1-16(2)24(20(26)29-21(3,4)5)15-17-8-7-11-22(14-17)19(25)18-9-12-23(13-10-18)30(6,27)28/h16-18H,7-15H2,1-6H3. The van der Waals surface area contributed by atoms with E-state index in [1.807, 2.05) is 39.5 Å². The smallest absolute Gasteiger partial charge is 0.410 e. The Kier molecular flexibility index (Phi) is 8.18. The fourth-order valence-corrected chi connectivity index (χ4v) is 5.08. The lowest BCUT2D eigenvalue weighted by Crippen LogP contribution is -2.50. The molecule has 9 heteroatoms. The number of piperidine rings is 2. The Labute approximate surface area is 182 Å². The maximum atomic E-state index is 13.0. The highest BCUT2D eigenvalue weighted by atomic mass is 32.2. The molecule has 1 unspecified atom stereocenters. The number of likely N-dealkylation sites (tertiary alicyclic amines) is 1. The van der Waals surface area contributed by atoms with Crippen LogP contribution < -0.4 is 0 Å². The van der Waals surface area contributed by atoms with E-state index in [-0.39, 0.29) is 29.9 Å². The van der Waals surface area contributed by atoms with Crippen LogP contribution in [-0.4, -0.2) is 85.1 Å². The monoisotopic (exact) mass is 445 g/mol. The van der Waals surface area contributed by atoms with E-state index in [0.29, 0.717) is 39.0 Å². The number of carbonyl (C=O) groups excluding carboxylic acids is 2. The van der Waals surface area contributed by atoms with Gasteiger partial charge >= 0.3 is 6.09 Å². The molecule has 2 saturated heterocycles. The molecule has 0 spiro atoms. The van der Waals surface area contributed by atoms with E-state index >= 15 is 0 Å². The molecule has 0 bridgehead atoms. The predicted molar refractivity (Wildman–Crippen MR) is 117 cm³/mol. The van der Waals surface area contributed by atoms with Gasteiger partial charge in [0.05, 0.1) is 6.26 Å². The average Bonchev–Trinajstić information content (AvgIpc) is 2.63. The Balaban J connectivity index is 1.94. The number of nitrogens with zero attached hydrogens (tertiary/aromatic N) is 3. The number of amides is 2. The molecule has 8 nitrogen and oxygen atoms in total. The van der Waals surface area contributed by atoms with Crippen LogP contribution >= 0.6 is 0 Å². The molecule has 2 aliphatic heterocycles. The Bertz CT molecular complexity index is 709. The molecule has 0 aromatic rings. The normalized spacial score (nSPS) is 22.2. The van der Waals surface area contributed by atoms with E-state index < -0.39 is 15.6 Å². The summed E-state index contributed by atoms with van der Waals surface area (Å²) < 4.78 is 30.4. The van der Waals surface area contributed by atoms with Crippen LogP contribution in [0.3, 0.4) is 0 Å². The fourth-order valence-electron chi connectivity index (χ4n) is 4.20. The molecule has 0 saturated carbocycles. The first-order valence-electron chi connectivity index (χ1n) is 11.0. The maximum absolute atomic E-state index is 13.0. The molecule has 30 heavy (non-hydrogen) atoms. The molecule has 0 aromatic carbocycles. The molecule has 1 atom stereocenters. The van der Waals surface area contributed by atoms with Crippen LogP contribution in [0.25, 0.3) is 0 Å². The van der Waals surface area contributed by atoms with Gasteiger partial charge in [-0.3, -0.25) is 4.79 Å². The summed E-state index contributed by atoms with van der Waals surface area (Å²) in [5.41, 5.74) is -0.542. The van der Waals surface area contributed by atoms with Gasteiger partial charge in [0.25, 0.3) is 0 Å². The number of hydrogen-bond acceptors (Lipinski definition) is 5. The second kappa shape index (κ2) is 9.85. The van der Waals surface area contributed by atoms with E-state index in [1.54, 1.807) is 4.90 Å². The fraction of sp³-hybridized carbons (Fsp3) is 0.905. The number of sulfonamides is 1. The van der Waals surface area contributed by atoms with Crippen LogP contribution in [0.15, 0.2) is 0 Å². The Morgan fingerprint density at radius 3 is 2.20 bits per heavy atom. The average molecular weight is 446 g/mol. The lowest BCUT2D eigenvalue weighted by molar-refractivity contribution is -0.138. The second-order valence-corrected chi connectivity index (χ2v) is 11.9. The predicted octanol–water partition coefficient (Wildman–Crippen LogP) is 2.54. The van der Waals surface area contributed by atoms with Crippen molar-refractivity contribution in [1.82, 2.24) is 14.1 Å². The van der Waals surface area contributed by atoms with Gasteiger partial charge in [0, 0.05) is 44.7 Å². The van der Waals surface area contributed by atoms with Crippen molar-refractivity contribution in [2.75, 3.05) is 39.0 Å². The number of ether oxygens (including phenoxy) is 1. The second-order valence-electron chi connectivity index (χ2n) is 9.96. The molecule has 2 rings (SSSR count). The molecule has 2 heterocycles. The zero-order chi connectivity index (χ0) is 22.7. The zero-order valence-corrected chi connectivity index (χ0v) is 20.2. The van der Waals surface area contributed by atoms with Crippen LogP contribution in [0.4, 0.5) is 4.79 Å². The summed E-state index contributed by atoms with van der Waals surface area (Å²) in [6, 6.07) is 0.0197. The van der Waals surface area contributed by atoms with Gasteiger partial charge in [0.2, 0.25) is 15.9 Å². The molecule has 0 N–H and O–H groups in total. The lowest BCUT2D eigenvalue weighted by atomic mass is 9.92. The summed E-state index contributed by atoms with van der Waals surface area (Å²) in [7, 11) is -3.19.